The molecule has 2 heteroatoms. The van der Waals surface area contributed by atoms with E-state index < -0.39 is 0 Å². The maximum absolute atomic E-state index is 8.68. The number of nitrogens with one attached hydrogen (secondary N) is 1. The number of piperidine rings is 2. The van der Waals surface area contributed by atoms with E-state index in [-0.39, 0.29) is 0 Å². The zero-order valence-electron chi connectivity index (χ0n) is 9.91. The first-order chi connectivity index (χ1) is 7.31. The van der Waals surface area contributed by atoms with Crippen LogP contribution in [-0.2, 0) is 0 Å². The van der Waals surface area contributed by atoms with E-state index in [1.165, 1.54) is 38.5 Å². The van der Waals surface area contributed by atoms with Crippen molar-refractivity contribution >= 4 is 0 Å². The van der Waals surface area contributed by atoms with Gasteiger partial charge < -0.3 is 10.4 Å². The highest BCUT2D eigenvalue weighted by atomic mass is 16.2. The molecule has 3 rings (SSSR count). The summed E-state index contributed by atoms with van der Waals surface area (Å²) in [4.78, 5) is 0. The molecule has 3 fully saturated rings. The minimum atomic E-state index is 0.363. The highest BCUT2D eigenvalue weighted by molar-refractivity contribution is 4.99. The van der Waals surface area contributed by atoms with Gasteiger partial charge in [-0.1, -0.05) is 26.2 Å². The Bertz CT molecular complexity index is 189. The molecule has 2 bridgehead atoms. The minimum Gasteiger partial charge on any atom is -0.396 e. The Labute approximate surface area is 93.5 Å². The highest BCUT2D eigenvalue weighted by Crippen LogP contribution is 2.41. The van der Waals surface area contributed by atoms with Gasteiger partial charge in [0, 0.05) is 18.7 Å². The van der Waals surface area contributed by atoms with E-state index in [4.69, 9.17) is 5.11 Å². The second-order valence-corrected chi connectivity index (χ2v) is 5.49. The van der Waals surface area contributed by atoms with Crippen LogP contribution in [-0.4, -0.2) is 23.8 Å². The minimum absolute atomic E-state index is 0.363. The number of unbranched alkanes of at least 4 members (excludes halogenated alkanes) is 3. The van der Waals surface area contributed by atoms with Crippen molar-refractivity contribution in [2.24, 2.45) is 11.8 Å². The summed E-state index contributed by atoms with van der Waals surface area (Å²) in [6, 6.07) is 1.64. The Hall–Kier alpha value is -0.0800. The molecule has 0 aromatic carbocycles. The molecule has 88 valence electrons. The fraction of sp³-hybridized carbons (Fsp3) is 1.00. The summed E-state index contributed by atoms with van der Waals surface area (Å²) < 4.78 is 0. The van der Waals surface area contributed by atoms with Crippen molar-refractivity contribution in [2.45, 2.75) is 64.0 Å². The van der Waals surface area contributed by atoms with Gasteiger partial charge in [0.2, 0.25) is 0 Å². The van der Waals surface area contributed by atoms with Crippen LogP contribution in [0.4, 0.5) is 0 Å². The average molecular weight is 211 g/mol. The molecule has 2 aliphatic heterocycles. The van der Waals surface area contributed by atoms with Crippen LogP contribution in [0, 0.1) is 11.8 Å². The van der Waals surface area contributed by atoms with Gasteiger partial charge >= 0.3 is 0 Å². The standard InChI is InChI=1S/C13H25NO/c1-10-11-8-12(9-11)14-13(10)6-4-2-3-5-7-15/h10-15H,2-9H2,1H3. The van der Waals surface area contributed by atoms with Gasteiger partial charge in [0.15, 0.2) is 0 Å². The summed E-state index contributed by atoms with van der Waals surface area (Å²) in [5.74, 6) is 1.92. The summed E-state index contributed by atoms with van der Waals surface area (Å²) in [6.45, 7) is 2.79. The van der Waals surface area contributed by atoms with Crippen molar-refractivity contribution < 1.29 is 5.11 Å². The van der Waals surface area contributed by atoms with Gasteiger partial charge in [-0.2, -0.15) is 0 Å². The van der Waals surface area contributed by atoms with Crippen LogP contribution in [0.5, 0.6) is 0 Å². The van der Waals surface area contributed by atoms with Crippen molar-refractivity contribution in [1.82, 2.24) is 5.32 Å². The molecular formula is C13H25NO. The second-order valence-electron chi connectivity index (χ2n) is 5.49. The van der Waals surface area contributed by atoms with Crippen molar-refractivity contribution in [3.8, 4) is 0 Å². The molecular weight excluding hydrogens is 186 g/mol. The first-order valence-electron chi connectivity index (χ1n) is 6.68. The molecule has 2 unspecified atom stereocenters. The van der Waals surface area contributed by atoms with Crippen molar-refractivity contribution in [3.05, 3.63) is 0 Å². The molecule has 0 aromatic heterocycles. The molecule has 0 spiro atoms. The Balaban J connectivity index is 1.58. The lowest BCUT2D eigenvalue weighted by Crippen LogP contribution is -2.58. The molecule has 2 N–H and O–H groups in total. The molecule has 2 nitrogen and oxygen atoms in total. The molecule has 15 heavy (non-hydrogen) atoms. The summed E-state index contributed by atoms with van der Waals surface area (Å²) in [5.41, 5.74) is 0. The van der Waals surface area contributed by atoms with Crippen LogP contribution < -0.4 is 5.32 Å². The molecule has 0 radical (unpaired) electrons. The lowest BCUT2D eigenvalue weighted by Gasteiger charge is -2.51. The third kappa shape index (κ3) is 2.73. The van der Waals surface area contributed by atoms with Crippen molar-refractivity contribution in [1.29, 1.82) is 0 Å². The van der Waals surface area contributed by atoms with Crippen molar-refractivity contribution in [3.63, 3.8) is 0 Å². The Morgan fingerprint density at radius 2 is 1.87 bits per heavy atom. The summed E-state index contributed by atoms with van der Waals surface area (Å²) in [5, 5.41) is 12.5. The predicted octanol–water partition coefficient (Wildman–Crippen LogP) is 2.32. The molecule has 0 amide bonds. The van der Waals surface area contributed by atoms with Crippen LogP contribution in [0.3, 0.4) is 0 Å². The normalized spacial score (nSPS) is 38.8. The third-order valence-corrected chi connectivity index (χ3v) is 4.43. The summed E-state index contributed by atoms with van der Waals surface area (Å²) in [6.07, 6.45) is 9.02. The van der Waals surface area contributed by atoms with Crippen LogP contribution in [0.25, 0.3) is 0 Å². The molecule has 2 atom stereocenters. The van der Waals surface area contributed by atoms with Gasteiger partial charge in [-0.25, -0.2) is 0 Å². The number of fused-ring (bicyclic) bond motifs is 2. The third-order valence-electron chi connectivity index (χ3n) is 4.43. The smallest absolute Gasteiger partial charge is 0.0431 e. The number of rotatable bonds is 6. The van der Waals surface area contributed by atoms with E-state index in [0.29, 0.717) is 6.61 Å². The van der Waals surface area contributed by atoms with Crippen LogP contribution >= 0.6 is 0 Å². The maximum Gasteiger partial charge on any atom is 0.0431 e. The highest BCUT2D eigenvalue weighted by Gasteiger charge is 2.42. The molecule has 1 saturated carbocycles. The van der Waals surface area contributed by atoms with Gasteiger partial charge in [-0.3, -0.25) is 0 Å². The Kier molecular flexibility index (Phi) is 4.04. The van der Waals surface area contributed by atoms with E-state index in [1.54, 1.807) is 0 Å². The van der Waals surface area contributed by atoms with Crippen LogP contribution in [0.15, 0.2) is 0 Å². The quantitative estimate of drug-likeness (QED) is 0.661. The Morgan fingerprint density at radius 1 is 1.13 bits per heavy atom. The first-order valence-corrected chi connectivity index (χ1v) is 6.68. The van der Waals surface area contributed by atoms with Gasteiger partial charge in [-0.15, -0.1) is 0 Å². The summed E-state index contributed by atoms with van der Waals surface area (Å²) >= 11 is 0. The second kappa shape index (κ2) is 5.31. The van der Waals surface area contributed by atoms with E-state index in [9.17, 15) is 0 Å². The monoisotopic (exact) mass is 211 g/mol. The summed E-state index contributed by atoms with van der Waals surface area (Å²) in [7, 11) is 0. The topological polar surface area (TPSA) is 32.3 Å². The average Bonchev–Trinajstić information content (AvgIpc) is 2.18. The number of hydrogen-bond donors (Lipinski definition) is 2. The van der Waals surface area contributed by atoms with Gasteiger partial charge in [0.05, 0.1) is 0 Å². The lowest BCUT2D eigenvalue weighted by atomic mass is 9.65. The van der Waals surface area contributed by atoms with E-state index in [2.05, 4.69) is 12.2 Å². The molecule has 1 aliphatic carbocycles. The zero-order chi connectivity index (χ0) is 10.7. The van der Waals surface area contributed by atoms with Crippen molar-refractivity contribution in [2.75, 3.05) is 6.61 Å². The molecule has 3 aliphatic rings. The van der Waals surface area contributed by atoms with E-state index >= 15 is 0 Å². The van der Waals surface area contributed by atoms with E-state index in [0.717, 1.165) is 30.3 Å². The first kappa shape index (κ1) is 11.4. The molecule has 2 saturated heterocycles. The molecule has 0 aromatic rings. The van der Waals surface area contributed by atoms with Gasteiger partial charge in [0.1, 0.15) is 0 Å². The fourth-order valence-electron chi connectivity index (χ4n) is 3.19. The molecule has 2 heterocycles. The maximum atomic E-state index is 8.68. The zero-order valence-corrected chi connectivity index (χ0v) is 9.91. The fourth-order valence-corrected chi connectivity index (χ4v) is 3.19. The number of hydrogen-bond acceptors (Lipinski definition) is 2. The van der Waals surface area contributed by atoms with Crippen LogP contribution in [0.1, 0.15) is 51.9 Å². The largest absolute Gasteiger partial charge is 0.396 e. The van der Waals surface area contributed by atoms with E-state index in [1.807, 2.05) is 0 Å². The van der Waals surface area contributed by atoms with Gasteiger partial charge in [0.25, 0.3) is 0 Å². The lowest BCUT2D eigenvalue weighted by molar-refractivity contribution is 0.0496. The SMILES string of the molecule is CC1C2CC(C2)NC1CCCCCCO. The van der Waals surface area contributed by atoms with Gasteiger partial charge in [-0.05, 0) is 37.5 Å². The number of aliphatic hydroxyl groups is 1. The Morgan fingerprint density at radius 3 is 2.53 bits per heavy atom. The number of aliphatic hydroxyl groups excluding tert-OH is 1. The van der Waals surface area contributed by atoms with Crippen LogP contribution in [0.2, 0.25) is 0 Å². The predicted molar refractivity (Wildman–Crippen MR) is 62.8 cm³/mol.